The topological polar surface area (TPSA) is 110 Å². The predicted octanol–water partition coefficient (Wildman–Crippen LogP) is 3.15. The van der Waals surface area contributed by atoms with E-state index in [0.717, 1.165) is 36.2 Å². The van der Waals surface area contributed by atoms with Crippen LogP contribution in [0.1, 0.15) is 52.8 Å². The zero-order valence-corrected chi connectivity index (χ0v) is 17.9. The van der Waals surface area contributed by atoms with Gasteiger partial charge >= 0.3 is 0 Å². The monoisotopic (exact) mass is 439 g/mol. The summed E-state index contributed by atoms with van der Waals surface area (Å²) in [4.78, 5) is 27.7. The van der Waals surface area contributed by atoms with Gasteiger partial charge in [-0.15, -0.1) is 0 Å². The van der Waals surface area contributed by atoms with E-state index < -0.39 is 5.91 Å². The molecule has 0 fully saturated rings. The second-order valence-electron chi connectivity index (χ2n) is 7.15. The summed E-state index contributed by atoms with van der Waals surface area (Å²) in [6.45, 7) is 2.41. The zero-order valence-electron chi connectivity index (χ0n) is 17.2. The Balaban J connectivity index is 1.91. The number of benzene rings is 2. The first kappa shape index (κ1) is 22.7. The first-order valence-corrected chi connectivity index (χ1v) is 10.4. The molecule has 0 atom stereocenters. The molecule has 31 heavy (non-hydrogen) atoms. The van der Waals surface area contributed by atoms with E-state index in [9.17, 15) is 14.7 Å². The van der Waals surface area contributed by atoms with E-state index in [1.54, 1.807) is 12.1 Å². The van der Waals surface area contributed by atoms with Crippen molar-refractivity contribution in [3.63, 3.8) is 0 Å². The van der Waals surface area contributed by atoms with Crippen LogP contribution in [0.2, 0.25) is 5.15 Å². The maximum Gasteiger partial charge on any atom is 0.265 e. The number of hydrogen-bond donors (Lipinski definition) is 3. The van der Waals surface area contributed by atoms with Gasteiger partial charge in [0.05, 0.1) is 13.2 Å². The number of hydrazine groups is 1. The molecule has 0 bridgehead atoms. The third-order valence-corrected chi connectivity index (χ3v) is 5.51. The van der Waals surface area contributed by atoms with Gasteiger partial charge in [-0.2, -0.15) is 0 Å². The Labute approximate surface area is 185 Å². The van der Waals surface area contributed by atoms with E-state index in [1.807, 2.05) is 35.1 Å². The summed E-state index contributed by atoms with van der Waals surface area (Å²) in [6.07, 6.45) is 4.70. The van der Waals surface area contributed by atoms with Gasteiger partial charge in [0.2, 0.25) is 6.29 Å². The summed E-state index contributed by atoms with van der Waals surface area (Å²) < 4.78 is 1.91. The lowest BCUT2D eigenvalue weighted by Gasteiger charge is -2.11. The fraction of sp³-hybridized carbons (Fsp3) is 0.261. The van der Waals surface area contributed by atoms with Gasteiger partial charge in [-0.3, -0.25) is 15.0 Å². The Hall–Kier alpha value is -3.00. The van der Waals surface area contributed by atoms with Crippen LogP contribution in [0.25, 0.3) is 11.1 Å². The molecule has 1 radical (unpaired) electrons. The molecule has 0 saturated heterocycles. The fourth-order valence-electron chi connectivity index (χ4n) is 3.39. The first-order chi connectivity index (χ1) is 15.0. The molecule has 161 valence electrons. The molecule has 0 spiro atoms. The number of rotatable bonds is 9. The molecule has 2 aromatic carbocycles. The number of hydrogen-bond acceptors (Lipinski definition) is 5. The van der Waals surface area contributed by atoms with Gasteiger partial charge in [0.1, 0.15) is 16.7 Å². The number of amides is 1. The molecule has 3 aromatic rings. The number of nitrogens with zero attached hydrogens (tertiary/aromatic N) is 2. The molecule has 4 N–H and O–H groups in total. The van der Waals surface area contributed by atoms with Crippen LogP contribution >= 0.6 is 11.6 Å². The highest BCUT2D eigenvalue weighted by molar-refractivity contribution is 6.30. The number of aromatic nitrogens is 2. The van der Waals surface area contributed by atoms with Crippen LogP contribution < -0.4 is 11.3 Å². The van der Waals surface area contributed by atoms with Gasteiger partial charge in [-0.1, -0.05) is 49.2 Å². The van der Waals surface area contributed by atoms with Crippen LogP contribution in [-0.4, -0.2) is 26.9 Å². The Bertz CT molecular complexity index is 1080. The predicted molar refractivity (Wildman–Crippen MR) is 119 cm³/mol. The lowest BCUT2D eigenvalue weighted by atomic mass is 9.97. The minimum atomic E-state index is -0.440. The summed E-state index contributed by atoms with van der Waals surface area (Å²) in [6, 6.07) is 12.3. The molecule has 7 nitrogen and oxygen atoms in total. The summed E-state index contributed by atoms with van der Waals surface area (Å²) in [5.74, 6) is 5.62. The number of nitrogens with one attached hydrogen (secondary N) is 1. The number of nitrogen functional groups attached to an aromatic ring is 1. The molecule has 0 aliphatic rings. The van der Waals surface area contributed by atoms with Crippen molar-refractivity contribution in [2.45, 2.75) is 39.3 Å². The molecular formula is C23H24ClN4O3. The molecule has 0 aliphatic heterocycles. The van der Waals surface area contributed by atoms with Crippen molar-refractivity contribution in [2.75, 3.05) is 0 Å². The molecular weight excluding hydrogens is 416 g/mol. The van der Waals surface area contributed by atoms with Crippen LogP contribution in [0.15, 0.2) is 42.5 Å². The number of carbonyl (C=O) groups is 1. The Morgan fingerprint density at radius 1 is 1.26 bits per heavy atom. The fourth-order valence-corrected chi connectivity index (χ4v) is 3.65. The number of aryl methyl sites for hydroxylation is 1. The van der Waals surface area contributed by atoms with Gasteiger partial charge in [0, 0.05) is 17.5 Å². The molecule has 3 rings (SSSR count). The number of nitrogens with two attached hydrogens (primary N) is 1. The largest absolute Gasteiger partial charge is 0.390 e. The number of imidazole rings is 1. The summed E-state index contributed by atoms with van der Waals surface area (Å²) >= 11 is 6.44. The first-order valence-electron chi connectivity index (χ1n) is 9.99. The van der Waals surface area contributed by atoms with Gasteiger partial charge in [-0.05, 0) is 41.3 Å². The maximum atomic E-state index is 11.8. The lowest BCUT2D eigenvalue weighted by Crippen LogP contribution is -2.30. The van der Waals surface area contributed by atoms with Crippen LogP contribution in [-0.2, 0) is 24.4 Å². The van der Waals surface area contributed by atoms with Gasteiger partial charge in [0.15, 0.2) is 0 Å². The lowest BCUT2D eigenvalue weighted by molar-refractivity contribution is 0.0953. The quantitative estimate of drug-likeness (QED) is 0.269. The van der Waals surface area contributed by atoms with Gasteiger partial charge < -0.3 is 9.67 Å². The highest BCUT2D eigenvalue weighted by atomic mass is 35.5. The number of unbranched alkanes of at least 4 members (excludes halogenated alkanes) is 1. The van der Waals surface area contributed by atoms with Crippen molar-refractivity contribution < 1.29 is 14.7 Å². The SMILES string of the molecule is CCCCc1nc(CO)c(Cl)n1Cc1ccc(-c2cc(C(=O)NN)ccc2[C]=O)cc1. The maximum absolute atomic E-state index is 11.8. The molecule has 1 amide bonds. The minimum absolute atomic E-state index is 0.207. The average molecular weight is 440 g/mol. The number of halogens is 1. The summed E-state index contributed by atoms with van der Waals surface area (Å²) in [7, 11) is 0. The minimum Gasteiger partial charge on any atom is -0.390 e. The van der Waals surface area contributed by atoms with Crippen molar-refractivity contribution in [2.24, 2.45) is 5.84 Å². The number of carbonyl (C=O) groups excluding carboxylic acids is 2. The molecule has 1 aromatic heterocycles. The van der Waals surface area contributed by atoms with Crippen LogP contribution in [0.5, 0.6) is 0 Å². The summed E-state index contributed by atoms with van der Waals surface area (Å²) in [5.41, 5.74) is 5.62. The van der Waals surface area contributed by atoms with E-state index in [1.165, 1.54) is 6.07 Å². The normalized spacial score (nSPS) is 10.8. The van der Waals surface area contributed by atoms with Crippen molar-refractivity contribution >= 4 is 23.8 Å². The van der Waals surface area contributed by atoms with Gasteiger partial charge in [-0.25, -0.2) is 10.8 Å². The Morgan fingerprint density at radius 3 is 2.61 bits per heavy atom. The van der Waals surface area contributed by atoms with E-state index in [0.29, 0.717) is 34.1 Å². The second kappa shape index (κ2) is 10.3. The number of aliphatic hydroxyl groups is 1. The van der Waals surface area contributed by atoms with Crippen molar-refractivity contribution in [1.29, 1.82) is 0 Å². The van der Waals surface area contributed by atoms with E-state index in [4.69, 9.17) is 17.4 Å². The van der Waals surface area contributed by atoms with Crippen LogP contribution in [0.3, 0.4) is 0 Å². The Kier molecular flexibility index (Phi) is 7.57. The summed E-state index contributed by atoms with van der Waals surface area (Å²) in [5, 5.41) is 9.95. The van der Waals surface area contributed by atoms with Crippen molar-refractivity contribution in [1.82, 2.24) is 15.0 Å². The van der Waals surface area contributed by atoms with Crippen molar-refractivity contribution in [3.05, 3.63) is 75.8 Å². The van der Waals surface area contributed by atoms with Crippen molar-refractivity contribution in [3.8, 4) is 11.1 Å². The van der Waals surface area contributed by atoms with Gasteiger partial charge in [0.25, 0.3) is 5.91 Å². The van der Waals surface area contributed by atoms with Crippen LogP contribution in [0.4, 0.5) is 0 Å². The molecule has 0 saturated carbocycles. The number of aliphatic hydroxyl groups excluding tert-OH is 1. The third kappa shape index (κ3) is 5.02. The van der Waals surface area contributed by atoms with E-state index in [2.05, 4.69) is 17.3 Å². The zero-order chi connectivity index (χ0) is 22.4. The smallest absolute Gasteiger partial charge is 0.265 e. The highest BCUT2D eigenvalue weighted by Gasteiger charge is 2.15. The second-order valence-corrected chi connectivity index (χ2v) is 7.50. The average Bonchev–Trinajstić information content (AvgIpc) is 3.11. The van der Waals surface area contributed by atoms with E-state index >= 15 is 0 Å². The van der Waals surface area contributed by atoms with Crippen LogP contribution in [0, 0.1) is 0 Å². The van der Waals surface area contributed by atoms with E-state index in [-0.39, 0.29) is 6.61 Å². The Morgan fingerprint density at radius 2 is 2.00 bits per heavy atom. The standard InChI is InChI=1S/C23H24ClN4O3/c1-2-3-4-21-26-20(14-30)22(24)28(21)12-15-5-7-16(8-6-15)19-11-17(23(31)27-25)9-10-18(19)13-29/h5-11,30H,2-4,12,14,25H2,1H3,(H,27,31). The molecule has 0 aliphatic carbocycles. The molecule has 0 unspecified atom stereocenters. The molecule has 8 heteroatoms. The molecule has 1 heterocycles. The highest BCUT2D eigenvalue weighted by Crippen LogP contribution is 2.26. The third-order valence-electron chi connectivity index (χ3n) is 5.08.